The van der Waals surface area contributed by atoms with E-state index in [1.807, 2.05) is 13.8 Å². The van der Waals surface area contributed by atoms with Crippen molar-refractivity contribution in [2.24, 2.45) is 0 Å². The molecule has 0 amide bonds. The number of H-pyrrole nitrogens is 1. The van der Waals surface area contributed by atoms with Gasteiger partial charge in [0.1, 0.15) is 12.6 Å². The van der Waals surface area contributed by atoms with Crippen LogP contribution in [0.4, 0.5) is 4.39 Å². The minimum absolute atomic E-state index is 0.00984. The molecule has 0 aliphatic heterocycles. The van der Waals surface area contributed by atoms with E-state index in [2.05, 4.69) is 10.1 Å². The fraction of sp³-hybridized carbons (Fsp3) is 0.353. The second-order valence-corrected chi connectivity index (χ2v) is 8.77. The summed E-state index contributed by atoms with van der Waals surface area (Å²) in [5.41, 5.74) is -0.0715. The first kappa shape index (κ1) is 19.0. The first-order valence-corrected chi connectivity index (χ1v) is 10.3. The zero-order valence-corrected chi connectivity index (χ0v) is 15.9. The number of aromatic amines is 1. The molecule has 0 aliphatic carbocycles. The molecule has 0 unspecified atom stereocenters. The molecule has 10 heteroatoms. The SMILES string of the molecule is CC(C)n1nccc1-c1cc2c(=O)n(CS(C)(=O)=O)c(=O)[nH]c2cc1CF. The predicted molar refractivity (Wildman–Crippen MR) is 100 cm³/mol. The molecule has 0 atom stereocenters. The summed E-state index contributed by atoms with van der Waals surface area (Å²) in [5, 5.41) is 4.32. The second kappa shape index (κ2) is 6.76. The summed E-state index contributed by atoms with van der Waals surface area (Å²) < 4.78 is 39.1. The van der Waals surface area contributed by atoms with E-state index in [-0.39, 0.29) is 16.9 Å². The Morgan fingerprint density at radius 3 is 2.56 bits per heavy atom. The van der Waals surface area contributed by atoms with Crippen LogP contribution in [-0.4, -0.2) is 34.0 Å². The van der Waals surface area contributed by atoms with Crippen molar-refractivity contribution in [2.75, 3.05) is 6.26 Å². The molecule has 3 rings (SSSR count). The third kappa shape index (κ3) is 3.57. The van der Waals surface area contributed by atoms with Gasteiger partial charge in [0.2, 0.25) is 0 Å². The number of nitrogens with one attached hydrogen (secondary N) is 1. The lowest BCUT2D eigenvalue weighted by Crippen LogP contribution is -2.37. The number of aromatic nitrogens is 4. The van der Waals surface area contributed by atoms with Crippen molar-refractivity contribution in [3.8, 4) is 11.3 Å². The number of halogens is 1. The highest BCUT2D eigenvalue weighted by Gasteiger charge is 2.18. The van der Waals surface area contributed by atoms with Crippen LogP contribution >= 0.6 is 0 Å². The number of fused-ring (bicyclic) bond motifs is 1. The molecular formula is C17H19FN4O4S. The number of hydrogen-bond acceptors (Lipinski definition) is 5. The quantitative estimate of drug-likeness (QED) is 0.707. The van der Waals surface area contributed by atoms with Gasteiger partial charge in [0, 0.05) is 24.1 Å². The van der Waals surface area contributed by atoms with Crippen LogP contribution in [0.15, 0.2) is 34.0 Å². The smallest absolute Gasteiger partial charge is 0.307 e. The lowest BCUT2D eigenvalue weighted by molar-refractivity contribution is 0.485. The second-order valence-electron chi connectivity index (χ2n) is 6.66. The molecule has 0 saturated heterocycles. The first-order valence-electron chi connectivity index (χ1n) is 8.19. The van der Waals surface area contributed by atoms with Crippen molar-refractivity contribution in [3.63, 3.8) is 0 Å². The lowest BCUT2D eigenvalue weighted by Gasteiger charge is -2.14. The number of rotatable bonds is 5. The average Bonchev–Trinajstić information content (AvgIpc) is 3.06. The first-order chi connectivity index (χ1) is 12.6. The summed E-state index contributed by atoms with van der Waals surface area (Å²) in [7, 11) is -3.61. The molecular weight excluding hydrogens is 375 g/mol. The molecule has 27 heavy (non-hydrogen) atoms. The molecule has 0 spiro atoms. The fourth-order valence-corrected chi connectivity index (χ4v) is 3.69. The molecule has 8 nitrogen and oxygen atoms in total. The van der Waals surface area contributed by atoms with Crippen molar-refractivity contribution in [1.82, 2.24) is 19.3 Å². The predicted octanol–water partition coefficient (Wildman–Crippen LogP) is 1.61. The lowest BCUT2D eigenvalue weighted by atomic mass is 10.0. The molecule has 1 aromatic carbocycles. The monoisotopic (exact) mass is 394 g/mol. The van der Waals surface area contributed by atoms with E-state index in [0.717, 1.165) is 6.26 Å². The molecule has 2 heterocycles. The number of nitrogens with zero attached hydrogens (tertiary/aromatic N) is 3. The Hall–Kier alpha value is -2.75. The van der Waals surface area contributed by atoms with Crippen LogP contribution in [0.1, 0.15) is 25.5 Å². The summed E-state index contributed by atoms with van der Waals surface area (Å²) in [6.45, 7) is 3.04. The highest BCUT2D eigenvalue weighted by Crippen LogP contribution is 2.29. The van der Waals surface area contributed by atoms with Gasteiger partial charge in [-0.15, -0.1) is 0 Å². The van der Waals surface area contributed by atoms with Gasteiger partial charge in [0.05, 0.1) is 16.6 Å². The Morgan fingerprint density at radius 2 is 1.96 bits per heavy atom. The van der Waals surface area contributed by atoms with E-state index >= 15 is 0 Å². The van der Waals surface area contributed by atoms with E-state index in [0.29, 0.717) is 21.4 Å². The topological polar surface area (TPSA) is 107 Å². The van der Waals surface area contributed by atoms with Gasteiger partial charge in [-0.3, -0.25) is 9.48 Å². The van der Waals surface area contributed by atoms with Crippen LogP contribution in [-0.2, 0) is 22.4 Å². The summed E-state index contributed by atoms with van der Waals surface area (Å²) in [4.78, 5) is 27.3. The highest BCUT2D eigenvalue weighted by atomic mass is 32.2. The van der Waals surface area contributed by atoms with Crippen LogP contribution in [0.3, 0.4) is 0 Å². The van der Waals surface area contributed by atoms with Crippen molar-refractivity contribution in [3.05, 3.63) is 50.8 Å². The molecule has 0 bridgehead atoms. The summed E-state index contributed by atoms with van der Waals surface area (Å²) in [6.07, 6.45) is 2.51. The van der Waals surface area contributed by atoms with Crippen LogP contribution < -0.4 is 11.2 Å². The van der Waals surface area contributed by atoms with E-state index in [1.165, 1.54) is 12.1 Å². The van der Waals surface area contributed by atoms with Crippen LogP contribution in [0.25, 0.3) is 22.2 Å². The number of sulfone groups is 1. The molecule has 0 aliphatic rings. The van der Waals surface area contributed by atoms with Gasteiger partial charge in [-0.2, -0.15) is 5.10 Å². The maximum Gasteiger partial charge on any atom is 0.329 e. The third-order valence-electron chi connectivity index (χ3n) is 4.15. The van der Waals surface area contributed by atoms with E-state index in [4.69, 9.17) is 0 Å². The minimum atomic E-state index is -3.61. The van der Waals surface area contributed by atoms with Gasteiger partial charge >= 0.3 is 5.69 Å². The Balaban J connectivity index is 2.35. The van der Waals surface area contributed by atoms with Gasteiger partial charge < -0.3 is 4.98 Å². The van der Waals surface area contributed by atoms with Gasteiger partial charge in [-0.25, -0.2) is 22.2 Å². The van der Waals surface area contributed by atoms with E-state index < -0.39 is 33.6 Å². The van der Waals surface area contributed by atoms with E-state index in [9.17, 15) is 22.4 Å². The molecule has 0 fully saturated rings. The Bertz CT molecular complexity index is 1240. The molecule has 1 N–H and O–H groups in total. The van der Waals surface area contributed by atoms with E-state index in [1.54, 1.807) is 16.9 Å². The number of hydrogen-bond donors (Lipinski definition) is 1. The van der Waals surface area contributed by atoms with Gasteiger partial charge in [-0.05, 0) is 37.6 Å². The molecule has 2 aromatic heterocycles. The standard InChI is InChI=1S/C17H19FN4O4S/c1-10(2)22-15(4-5-19-22)12-7-13-14(6-11(12)8-18)20-17(24)21(16(13)23)9-27(3,25)26/h4-7,10H,8-9H2,1-3H3,(H,20,24). The summed E-state index contributed by atoms with van der Waals surface area (Å²) in [5.74, 6) is -0.735. The third-order valence-corrected chi connectivity index (χ3v) is 4.88. The molecule has 144 valence electrons. The Labute approximate surface area is 154 Å². The molecule has 3 aromatic rings. The summed E-state index contributed by atoms with van der Waals surface area (Å²) in [6, 6.07) is 4.59. The van der Waals surface area contributed by atoms with Crippen LogP contribution in [0, 0.1) is 0 Å². The maximum absolute atomic E-state index is 13.7. The van der Waals surface area contributed by atoms with Gasteiger partial charge in [0.25, 0.3) is 5.56 Å². The maximum atomic E-state index is 13.7. The molecule has 0 saturated carbocycles. The number of alkyl halides is 1. The number of benzene rings is 1. The van der Waals surface area contributed by atoms with Crippen molar-refractivity contribution in [2.45, 2.75) is 32.4 Å². The van der Waals surface area contributed by atoms with Crippen molar-refractivity contribution < 1.29 is 12.8 Å². The van der Waals surface area contributed by atoms with Crippen LogP contribution in [0.5, 0.6) is 0 Å². The zero-order chi connectivity index (χ0) is 19.9. The highest BCUT2D eigenvalue weighted by molar-refractivity contribution is 7.89. The van der Waals surface area contributed by atoms with Gasteiger partial charge in [0.15, 0.2) is 9.84 Å². The van der Waals surface area contributed by atoms with Gasteiger partial charge in [-0.1, -0.05) is 0 Å². The molecule has 0 radical (unpaired) electrons. The van der Waals surface area contributed by atoms with Crippen LogP contribution in [0.2, 0.25) is 0 Å². The van der Waals surface area contributed by atoms with Crippen molar-refractivity contribution in [1.29, 1.82) is 0 Å². The minimum Gasteiger partial charge on any atom is -0.307 e. The summed E-state index contributed by atoms with van der Waals surface area (Å²) >= 11 is 0. The largest absolute Gasteiger partial charge is 0.329 e. The fourth-order valence-electron chi connectivity index (χ4n) is 2.98. The normalized spacial score (nSPS) is 12.2. The average molecular weight is 394 g/mol. The Kier molecular flexibility index (Phi) is 4.77. The zero-order valence-electron chi connectivity index (χ0n) is 15.1. The van der Waals surface area contributed by atoms with Crippen molar-refractivity contribution >= 4 is 20.7 Å². The Morgan fingerprint density at radius 1 is 1.26 bits per heavy atom.